The van der Waals surface area contributed by atoms with Gasteiger partial charge in [0.1, 0.15) is 11.4 Å². The van der Waals surface area contributed by atoms with E-state index < -0.39 is 5.97 Å². The van der Waals surface area contributed by atoms with Crippen molar-refractivity contribution in [3.05, 3.63) is 11.8 Å². The number of hydrogen-bond donors (Lipinski definition) is 1. The molecule has 0 unspecified atom stereocenters. The maximum atomic E-state index is 10.5. The van der Waals surface area contributed by atoms with Gasteiger partial charge in [-0.3, -0.25) is 9.48 Å². The normalized spacial score (nSPS) is 11.2. The minimum atomic E-state index is -0.923. The van der Waals surface area contributed by atoms with E-state index in [1.807, 2.05) is 26.8 Å². The van der Waals surface area contributed by atoms with E-state index in [2.05, 4.69) is 15.3 Å². The molecule has 0 amide bonds. The second-order valence-corrected chi connectivity index (χ2v) is 5.19. The fourth-order valence-corrected chi connectivity index (χ4v) is 2.05. The van der Waals surface area contributed by atoms with Crippen molar-refractivity contribution in [2.75, 3.05) is 5.75 Å². The second-order valence-electron chi connectivity index (χ2n) is 4.26. The lowest BCUT2D eigenvalue weighted by Crippen LogP contribution is -2.05. The third-order valence-corrected chi connectivity index (χ3v) is 3.09. The fourth-order valence-electron chi connectivity index (χ4n) is 1.57. The van der Waals surface area contributed by atoms with Crippen LogP contribution in [0.25, 0.3) is 11.6 Å². The Balaban J connectivity index is 2.25. The molecule has 0 radical (unpaired) electrons. The number of aromatic nitrogens is 4. The zero-order valence-electron chi connectivity index (χ0n) is 10.8. The molecule has 1 N–H and O–H groups in total. The van der Waals surface area contributed by atoms with E-state index in [0.717, 1.165) is 23.1 Å². The Morgan fingerprint density at radius 2 is 2.26 bits per heavy atom. The first-order valence-corrected chi connectivity index (χ1v) is 6.70. The van der Waals surface area contributed by atoms with Crippen LogP contribution in [-0.2, 0) is 4.79 Å². The number of thioether (sulfide) groups is 1. The SMILES string of the molecule is Cc1cc(-c2nnc(SCC(=O)O)o2)n(C(C)C)n1. The Bertz CT molecular complexity index is 591. The van der Waals surface area contributed by atoms with Crippen LogP contribution in [-0.4, -0.2) is 36.8 Å². The van der Waals surface area contributed by atoms with E-state index in [1.54, 1.807) is 4.68 Å². The Morgan fingerprint density at radius 1 is 1.53 bits per heavy atom. The van der Waals surface area contributed by atoms with Crippen molar-refractivity contribution in [3.8, 4) is 11.6 Å². The van der Waals surface area contributed by atoms with Crippen molar-refractivity contribution in [2.24, 2.45) is 0 Å². The summed E-state index contributed by atoms with van der Waals surface area (Å²) in [6.45, 7) is 5.90. The summed E-state index contributed by atoms with van der Waals surface area (Å²) in [6.07, 6.45) is 0. The molecule has 0 saturated heterocycles. The maximum Gasteiger partial charge on any atom is 0.314 e. The highest BCUT2D eigenvalue weighted by atomic mass is 32.2. The molecular formula is C11H14N4O3S. The third-order valence-electron chi connectivity index (χ3n) is 2.29. The smallest absolute Gasteiger partial charge is 0.314 e. The molecule has 2 aromatic rings. The van der Waals surface area contributed by atoms with Crippen LogP contribution in [0.2, 0.25) is 0 Å². The quantitative estimate of drug-likeness (QED) is 0.838. The summed E-state index contributed by atoms with van der Waals surface area (Å²) in [5.74, 6) is -0.681. The lowest BCUT2D eigenvalue weighted by Gasteiger charge is -2.07. The summed E-state index contributed by atoms with van der Waals surface area (Å²) in [5, 5.41) is 20.9. The highest BCUT2D eigenvalue weighted by Gasteiger charge is 2.17. The van der Waals surface area contributed by atoms with Crippen LogP contribution >= 0.6 is 11.8 Å². The molecule has 0 fully saturated rings. The second kappa shape index (κ2) is 5.43. The average Bonchev–Trinajstić information content (AvgIpc) is 2.92. The van der Waals surface area contributed by atoms with Crippen molar-refractivity contribution < 1.29 is 14.3 Å². The molecule has 2 heterocycles. The lowest BCUT2D eigenvalue weighted by molar-refractivity contribution is -0.133. The van der Waals surface area contributed by atoms with Gasteiger partial charge in [0.05, 0.1) is 5.69 Å². The highest BCUT2D eigenvalue weighted by molar-refractivity contribution is 7.99. The van der Waals surface area contributed by atoms with Crippen LogP contribution in [0.4, 0.5) is 0 Å². The Hall–Kier alpha value is -1.83. The maximum absolute atomic E-state index is 10.5. The first kappa shape index (κ1) is 13.6. The van der Waals surface area contributed by atoms with Crippen LogP contribution in [0, 0.1) is 6.92 Å². The molecule has 0 aliphatic rings. The minimum absolute atomic E-state index is 0.107. The van der Waals surface area contributed by atoms with Gasteiger partial charge < -0.3 is 9.52 Å². The van der Waals surface area contributed by atoms with Crippen LogP contribution in [0.3, 0.4) is 0 Å². The molecule has 0 bridgehead atoms. The van der Waals surface area contributed by atoms with Crippen LogP contribution in [0.15, 0.2) is 15.7 Å². The molecule has 19 heavy (non-hydrogen) atoms. The summed E-state index contributed by atoms with van der Waals surface area (Å²) in [5.41, 5.74) is 1.60. The molecule has 2 aromatic heterocycles. The van der Waals surface area contributed by atoms with Crippen molar-refractivity contribution in [1.82, 2.24) is 20.0 Å². The molecular weight excluding hydrogens is 268 g/mol. The summed E-state index contributed by atoms with van der Waals surface area (Å²) >= 11 is 0.996. The van der Waals surface area contributed by atoms with Gasteiger partial charge in [-0.2, -0.15) is 5.10 Å². The molecule has 102 valence electrons. The van der Waals surface area contributed by atoms with Crippen molar-refractivity contribution in [1.29, 1.82) is 0 Å². The number of aryl methyl sites for hydroxylation is 1. The first-order chi connectivity index (χ1) is 8.97. The topological polar surface area (TPSA) is 94.0 Å². The molecule has 0 aromatic carbocycles. The Labute approximate surface area is 114 Å². The Kier molecular flexibility index (Phi) is 3.89. The summed E-state index contributed by atoms with van der Waals surface area (Å²) in [7, 11) is 0. The third kappa shape index (κ3) is 3.14. The van der Waals surface area contributed by atoms with Gasteiger partial charge in [0.25, 0.3) is 11.1 Å². The molecule has 0 aliphatic carbocycles. The summed E-state index contributed by atoms with van der Waals surface area (Å²) in [4.78, 5) is 10.5. The zero-order chi connectivity index (χ0) is 14.0. The molecule has 7 nitrogen and oxygen atoms in total. The van der Waals surface area contributed by atoms with Gasteiger partial charge in [0.2, 0.25) is 0 Å². The minimum Gasteiger partial charge on any atom is -0.481 e. The van der Waals surface area contributed by atoms with Gasteiger partial charge in [0, 0.05) is 6.04 Å². The number of rotatable bonds is 5. The highest BCUT2D eigenvalue weighted by Crippen LogP contribution is 2.25. The first-order valence-electron chi connectivity index (χ1n) is 5.72. The fraction of sp³-hybridized carbons (Fsp3) is 0.455. The van der Waals surface area contributed by atoms with E-state index in [9.17, 15) is 4.79 Å². The van der Waals surface area contributed by atoms with Gasteiger partial charge in [-0.1, -0.05) is 11.8 Å². The largest absolute Gasteiger partial charge is 0.481 e. The van der Waals surface area contributed by atoms with E-state index in [-0.39, 0.29) is 17.0 Å². The standard InChI is InChI=1S/C11H14N4O3S/c1-6(2)15-8(4-7(3)14-15)10-12-13-11(18-10)19-5-9(16)17/h4,6H,5H2,1-3H3,(H,16,17). The predicted octanol–water partition coefficient (Wildman–Crippen LogP) is 2.00. The number of carboxylic acid groups (broad SMARTS) is 1. The number of aliphatic carboxylic acids is 1. The van der Waals surface area contributed by atoms with E-state index >= 15 is 0 Å². The molecule has 0 spiro atoms. The monoisotopic (exact) mass is 282 g/mol. The lowest BCUT2D eigenvalue weighted by atomic mass is 10.3. The zero-order valence-corrected chi connectivity index (χ0v) is 11.6. The van der Waals surface area contributed by atoms with Gasteiger partial charge in [-0.25, -0.2) is 0 Å². The summed E-state index contributed by atoms with van der Waals surface area (Å²) < 4.78 is 7.24. The van der Waals surface area contributed by atoms with Crippen molar-refractivity contribution in [2.45, 2.75) is 32.0 Å². The van der Waals surface area contributed by atoms with E-state index in [0.29, 0.717) is 5.89 Å². The predicted molar refractivity (Wildman–Crippen MR) is 69.0 cm³/mol. The van der Waals surface area contributed by atoms with E-state index in [4.69, 9.17) is 9.52 Å². The molecule has 0 atom stereocenters. The van der Waals surface area contributed by atoms with Crippen molar-refractivity contribution in [3.63, 3.8) is 0 Å². The van der Waals surface area contributed by atoms with Gasteiger partial charge in [-0.05, 0) is 26.8 Å². The molecule has 8 heteroatoms. The summed E-state index contributed by atoms with van der Waals surface area (Å²) in [6, 6.07) is 2.03. The van der Waals surface area contributed by atoms with Gasteiger partial charge in [0.15, 0.2) is 0 Å². The molecule has 2 rings (SSSR count). The van der Waals surface area contributed by atoms with E-state index in [1.165, 1.54) is 0 Å². The molecule has 0 aliphatic heterocycles. The number of nitrogens with zero attached hydrogens (tertiary/aromatic N) is 4. The number of hydrogen-bond acceptors (Lipinski definition) is 6. The average molecular weight is 282 g/mol. The molecule has 0 saturated carbocycles. The van der Waals surface area contributed by atoms with Crippen molar-refractivity contribution >= 4 is 17.7 Å². The Morgan fingerprint density at radius 3 is 2.89 bits per heavy atom. The van der Waals surface area contributed by atoms with Gasteiger partial charge in [-0.15, -0.1) is 10.2 Å². The van der Waals surface area contributed by atoms with Crippen LogP contribution < -0.4 is 0 Å². The van der Waals surface area contributed by atoms with Crippen LogP contribution in [0.1, 0.15) is 25.6 Å². The number of carboxylic acids is 1. The van der Waals surface area contributed by atoms with Gasteiger partial charge >= 0.3 is 5.97 Å². The van der Waals surface area contributed by atoms with Crippen LogP contribution in [0.5, 0.6) is 0 Å². The number of carbonyl (C=O) groups is 1.